The minimum atomic E-state index is -2.58. The highest BCUT2D eigenvalue weighted by atomic mass is 19.3. The molecule has 1 saturated carbocycles. The van der Waals surface area contributed by atoms with Gasteiger partial charge in [-0.15, -0.1) is 0 Å². The van der Waals surface area contributed by atoms with Crippen LogP contribution in [0.1, 0.15) is 38.3 Å². The molecule has 1 aliphatic carbocycles. The van der Waals surface area contributed by atoms with E-state index in [1.54, 1.807) is 0 Å². The maximum Gasteiger partial charge on any atom is 0.306 e. The number of nitrogens with zero attached hydrogens (tertiary/aromatic N) is 2. The molecule has 0 bridgehead atoms. The lowest BCUT2D eigenvalue weighted by Crippen LogP contribution is -2.48. The lowest BCUT2D eigenvalue weighted by molar-refractivity contribution is -0.149. The molecule has 0 saturated heterocycles. The van der Waals surface area contributed by atoms with Crippen molar-refractivity contribution in [2.45, 2.75) is 38.2 Å². The average molecular weight is 244 g/mol. The van der Waals surface area contributed by atoms with E-state index in [-0.39, 0.29) is 11.6 Å². The van der Waals surface area contributed by atoms with Crippen LogP contribution in [0, 0.1) is 5.92 Å². The van der Waals surface area contributed by atoms with Crippen LogP contribution < -0.4 is 0 Å². The number of halogens is 2. The van der Waals surface area contributed by atoms with Gasteiger partial charge in [-0.25, -0.2) is 8.78 Å². The van der Waals surface area contributed by atoms with Crippen LogP contribution in [0.5, 0.6) is 0 Å². The summed E-state index contributed by atoms with van der Waals surface area (Å²) in [4.78, 5) is 10.8. The summed E-state index contributed by atoms with van der Waals surface area (Å²) in [7, 11) is 0. The number of hydrogen-bond donors (Lipinski definition) is 1. The summed E-state index contributed by atoms with van der Waals surface area (Å²) in [5, 5.41) is 12.7. The number of carboxylic acid groups (broad SMARTS) is 1. The first-order valence-corrected chi connectivity index (χ1v) is 5.55. The second kappa shape index (κ2) is 4.09. The monoisotopic (exact) mass is 244 g/mol. The molecule has 0 aliphatic heterocycles. The van der Waals surface area contributed by atoms with Crippen molar-refractivity contribution in [3.63, 3.8) is 0 Å². The van der Waals surface area contributed by atoms with Crippen LogP contribution in [-0.4, -0.2) is 20.9 Å². The second-order valence-electron chi connectivity index (χ2n) is 4.51. The minimum absolute atomic E-state index is 0.253. The van der Waals surface area contributed by atoms with E-state index in [1.807, 2.05) is 6.92 Å². The summed E-state index contributed by atoms with van der Waals surface area (Å²) < 4.78 is 26.4. The summed E-state index contributed by atoms with van der Waals surface area (Å²) in [5.41, 5.74) is -0.646. The van der Waals surface area contributed by atoms with Gasteiger partial charge in [-0.05, 0) is 25.3 Å². The fourth-order valence-corrected chi connectivity index (χ4v) is 2.39. The Morgan fingerprint density at radius 1 is 1.71 bits per heavy atom. The molecule has 1 aromatic rings. The van der Waals surface area contributed by atoms with Crippen molar-refractivity contribution in [1.82, 2.24) is 9.78 Å². The Hall–Kier alpha value is -1.46. The third-order valence-corrected chi connectivity index (χ3v) is 3.58. The molecular weight excluding hydrogens is 230 g/mol. The van der Waals surface area contributed by atoms with Gasteiger partial charge in [-0.3, -0.25) is 9.48 Å². The summed E-state index contributed by atoms with van der Waals surface area (Å²) in [5.74, 6) is -1.20. The van der Waals surface area contributed by atoms with Gasteiger partial charge in [0.05, 0.1) is 11.5 Å². The zero-order chi connectivity index (χ0) is 12.6. The molecule has 0 unspecified atom stereocenters. The zero-order valence-corrected chi connectivity index (χ0v) is 9.44. The van der Waals surface area contributed by atoms with Crippen molar-refractivity contribution in [3.05, 3.63) is 18.0 Å². The molecule has 1 heterocycles. The fourth-order valence-electron chi connectivity index (χ4n) is 2.39. The van der Waals surface area contributed by atoms with Crippen molar-refractivity contribution in [1.29, 1.82) is 0 Å². The summed E-state index contributed by atoms with van der Waals surface area (Å²) in [6.07, 6.45) is 0.553. The van der Waals surface area contributed by atoms with E-state index >= 15 is 0 Å². The Labute approximate surface area is 97.2 Å². The molecule has 1 N–H and O–H groups in total. The van der Waals surface area contributed by atoms with E-state index in [9.17, 15) is 13.6 Å². The largest absolute Gasteiger partial charge is 0.481 e. The second-order valence-corrected chi connectivity index (χ2v) is 4.51. The van der Waals surface area contributed by atoms with Gasteiger partial charge in [-0.1, -0.05) is 6.92 Å². The molecule has 0 spiro atoms. The number of carbonyl (C=O) groups is 1. The molecular formula is C11H14F2N2O2. The maximum atomic E-state index is 12.4. The van der Waals surface area contributed by atoms with Crippen LogP contribution in [0.2, 0.25) is 0 Å². The average Bonchev–Trinajstić information content (AvgIpc) is 2.66. The highest BCUT2D eigenvalue weighted by Gasteiger charge is 2.48. The Kier molecular flexibility index (Phi) is 2.89. The van der Waals surface area contributed by atoms with E-state index in [4.69, 9.17) is 5.11 Å². The lowest BCUT2D eigenvalue weighted by atomic mass is 9.67. The molecule has 2 rings (SSSR count). The predicted octanol–water partition coefficient (Wildman–Crippen LogP) is 2.42. The molecule has 0 radical (unpaired) electrons. The smallest absolute Gasteiger partial charge is 0.306 e. The van der Waals surface area contributed by atoms with Gasteiger partial charge in [0.15, 0.2) is 0 Å². The van der Waals surface area contributed by atoms with Crippen molar-refractivity contribution < 1.29 is 18.7 Å². The topological polar surface area (TPSA) is 55.1 Å². The molecule has 1 aliphatic rings. The molecule has 0 atom stereocenters. The van der Waals surface area contributed by atoms with E-state index in [0.29, 0.717) is 19.3 Å². The SMILES string of the molecule is CCC1(n2ccc(C(F)F)n2)CC(C(=O)O)C1. The van der Waals surface area contributed by atoms with E-state index in [2.05, 4.69) is 5.10 Å². The highest BCUT2D eigenvalue weighted by molar-refractivity contribution is 5.71. The first-order valence-electron chi connectivity index (χ1n) is 5.55. The van der Waals surface area contributed by atoms with Gasteiger partial charge in [0.25, 0.3) is 6.43 Å². The van der Waals surface area contributed by atoms with Gasteiger partial charge < -0.3 is 5.11 Å². The molecule has 0 aromatic carbocycles. The molecule has 94 valence electrons. The molecule has 4 nitrogen and oxygen atoms in total. The Morgan fingerprint density at radius 3 is 2.76 bits per heavy atom. The quantitative estimate of drug-likeness (QED) is 0.884. The third-order valence-electron chi connectivity index (χ3n) is 3.58. The van der Waals surface area contributed by atoms with Crippen LogP contribution in [0.3, 0.4) is 0 Å². The van der Waals surface area contributed by atoms with E-state index in [0.717, 1.165) is 0 Å². The lowest BCUT2D eigenvalue weighted by Gasteiger charge is -2.45. The molecule has 17 heavy (non-hydrogen) atoms. The highest BCUT2D eigenvalue weighted by Crippen LogP contribution is 2.46. The fraction of sp³-hybridized carbons (Fsp3) is 0.636. The zero-order valence-electron chi connectivity index (χ0n) is 9.44. The van der Waals surface area contributed by atoms with Crippen molar-refractivity contribution in [2.75, 3.05) is 0 Å². The van der Waals surface area contributed by atoms with E-state index < -0.39 is 17.9 Å². The Balaban J connectivity index is 2.17. The van der Waals surface area contributed by atoms with E-state index in [1.165, 1.54) is 16.9 Å². The number of hydrogen-bond acceptors (Lipinski definition) is 2. The maximum absolute atomic E-state index is 12.4. The first-order chi connectivity index (χ1) is 7.98. The number of rotatable bonds is 4. The molecule has 1 fully saturated rings. The molecule has 1 aromatic heterocycles. The molecule has 6 heteroatoms. The van der Waals surface area contributed by atoms with Crippen LogP contribution in [0.25, 0.3) is 0 Å². The molecule has 0 amide bonds. The van der Waals surface area contributed by atoms with Crippen molar-refractivity contribution in [3.8, 4) is 0 Å². The Bertz CT molecular complexity index is 425. The van der Waals surface area contributed by atoms with Gasteiger partial charge in [0.1, 0.15) is 5.69 Å². The number of carboxylic acids is 1. The minimum Gasteiger partial charge on any atom is -0.481 e. The number of aliphatic carboxylic acids is 1. The third kappa shape index (κ3) is 1.92. The van der Waals surface area contributed by atoms with Crippen LogP contribution in [0.4, 0.5) is 8.78 Å². The van der Waals surface area contributed by atoms with Crippen LogP contribution in [0.15, 0.2) is 12.3 Å². The van der Waals surface area contributed by atoms with Gasteiger partial charge in [0.2, 0.25) is 0 Å². The standard InChI is InChI=1S/C11H14F2N2O2/c1-2-11(5-7(6-11)10(16)17)15-4-3-8(14-15)9(12)13/h3-4,7,9H,2,5-6H2,1H3,(H,16,17). The van der Waals surface area contributed by atoms with Crippen molar-refractivity contribution in [2.24, 2.45) is 5.92 Å². The summed E-state index contributed by atoms with van der Waals surface area (Å²) in [6.45, 7) is 1.92. The summed E-state index contributed by atoms with van der Waals surface area (Å²) >= 11 is 0. The number of aromatic nitrogens is 2. The van der Waals surface area contributed by atoms with Gasteiger partial charge >= 0.3 is 5.97 Å². The van der Waals surface area contributed by atoms with Crippen LogP contribution >= 0.6 is 0 Å². The predicted molar refractivity (Wildman–Crippen MR) is 55.8 cm³/mol. The summed E-state index contributed by atoms with van der Waals surface area (Å²) in [6, 6.07) is 1.29. The van der Waals surface area contributed by atoms with Gasteiger partial charge in [-0.2, -0.15) is 5.10 Å². The normalized spacial score (nSPS) is 28.1. The Morgan fingerprint density at radius 2 is 2.35 bits per heavy atom. The van der Waals surface area contributed by atoms with Crippen molar-refractivity contribution >= 4 is 5.97 Å². The van der Waals surface area contributed by atoms with Crippen LogP contribution in [-0.2, 0) is 10.3 Å². The number of alkyl halides is 2. The van der Waals surface area contributed by atoms with Gasteiger partial charge in [0, 0.05) is 6.20 Å². The first kappa shape index (κ1) is 12.0.